The molecule has 1 aliphatic heterocycles. The summed E-state index contributed by atoms with van der Waals surface area (Å²) in [6, 6.07) is 25.7. The molecule has 1 amide bonds. The number of nitrogens with one attached hydrogen (secondary N) is 1. The molecule has 1 atom stereocenters. The first-order valence-electron chi connectivity index (χ1n) is 10.6. The maximum Gasteiger partial charge on any atom is 0.237 e. The molecule has 2 aromatic carbocycles. The van der Waals surface area contributed by atoms with Gasteiger partial charge in [0.2, 0.25) is 5.91 Å². The van der Waals surface area contributed by atoms with Crippen LogP contribution in [0.5, 0.6) is 0 Å². The van der Waals surface area contributed by atoms with Gasteiger partial charge >= 0.3 is 0 Å². The third-order valence-electron chi connectivity index (χ3n) is 5.89. The van der Waals surface area contributed by atoms with Gasteiger partial charge in [0.05, 0.1) is 18.6 Å². The number of hydrogen-bond acceptors (Lipinski definition) is 4. The molecule has 2 heterocycles. The van der Waals surface area contributed by atoms with Crippen LogP contribution in [0.3, 0.4) is 0 Å². The third-order valence-corrected chi connectivity index (χ3v) is 6.77. The van der Waals surface area contributed by atoms with Crippen molar-refractivity contribution < 1.29 is 4.79 Å². The normalized spacial score (nSPS) is 16.5. The van der Waals surface area contributed by atoms with Crippen LogP contribution >= 0.6 is 11.3 Å². The lowest BCUT2D eigenvalue weighted by Crippen LogP contribution is -2.54. The molecule has 4 nitrogen and oxygen atoms in total. The fraction of sp³-hybridized carbons (Fsp3) is 0.320. The number of piperazine rings is 1. The second kappa shape index (κ2) is 10.0. The van der Waals surface area contributed by atoms with E-state index < -0.39 is 0 Å². The van der Waals surface area contributed by atoms with Gasteiger partial charge in [0.15, 0.2) is 0 Å². The molecule has 0 saturated carbocycles. The maximum absolute atomic E-state index is 12.6. The van der Waals surface area contributed by atoms with E-state index in [0.29, 0.717) is 6.54 Å². The standard InChI is InChI=1S/C25H29N3OS/c1-20(25(29)26-19-23-13-8-18-30-23)27-14-16-28(17-15-27)24(21-9-4-2-5-10-21)22-11-6-3-7-12-22/h2-13,18,20,24H,14-17,19H2,1H3,(H,26,29)/t20-/m1/s1. The highest BCUT2D eigenvalue weighted by atomic mass is 32.1. The van der Waals surface area contributed by atoms with E-state index in [0.717, 1.165) is 26.2 Å². The molecular formula is C25H29N3OS. The Morgan fingerprint density at radius 2 is 1.43 bits per heavy atom. The van der Waals surface area contributed by atoms with Crippen molar-refractivity contribution in [3.8, 4) is 0 Å². The minimum absolute atomic E-state index is 0.111. The van der Waals surface area contributed by atoms with Crippen LogP contribution in [0, 0.1) is 0 Å². The van der Waals surface area contributed by atoms with Crippen LogP contribution in [0.1, 0.15) is 29.0 Å². The molecule has 3 aromatic rings. The molecule has 4 rings (SSSR count). The summed E-state index contributed by atoms with van der Waals surface area (Å²) in [6.07, 6.45) is 0. The molecule has 0 spiro atoms. The van der Waals surface area contributed by atoms with Crippen molar-refractivity contribution in [2.75, 3.05) is 26.2 Å². The van der Waals surface area contributed by atoms with Gasteiger partial charge in [-0.1, -0.05) is 66.7 Å². The first kappa shape index (κ1) is 20.8. The summed E-state index contributed by atoms with van der Waals surface area (Å²) in [5, 5.41) is 5.13. The summed E-state index contributed by atoms with van der Waals surface area (Å²) in [7, 11) is 0. The highest BCUT2D eigenvalue weighted by molar-refractivity contribution is 7.09. The van der Waals surface area contributed by atoms with Gasteiger partial charge < -0.3 is 5.32 Å². The number of nitrogens with zero attached hydrogens (tertiary/aromatic N) is 2. The molecule has 1 aromatic heterocycles. The number of carbonyl (C=O) groups is 1. The van der Waals surface area contributed by atoms with Gasteiger partial charge in [0.1, 0.15) is 0 Å². The Morgan fingerprint density at radius 3 is 1.97 bits per heavy atom. The summed E-state index contributed by atoms with van der Waals surface area (Å²) in [5.41, 5.74) is 2.64. The number of thiophene rings is 1. The van der Waals surface area contributed by atoms with Crippen LogP contribution < -0.4 is 5.32 Å². The van der Waals surface area contributed by atoms with Gasteiger partial charge in [-0.25, -0.2) is 0 Å². The smallest absolute Gasteiger partial charge is 0.237 e. The van der Waals surface area contributed by atoms with Crippen molar-refractivity contribution in [1.82, 2.24) is 15.1 Å². The average molecular weight is 420 g/mol. The zero-order chi connectivity index (χ0) is 20.8. The Bertz CT molecular complexity index is 867. The van der Waals surface area contributed by atoms with Crippen LogP contribution in [-0.2, 0) is 11.3 Å². The minimum atomic E-state index is -0.112. The van der Waals surface area contributed by atoms with Crippen LogP contribution in [0.15, 0.2) is 78.2 Å². The summed E-state index contributed by atoms with van der Waals surface area (Å²) in [6.45, 7) is 6.30. The van der Waals surface area contributed by atoms with Gasteiger partial charge in [-0.2, -0.15) is 0 Å². The SMILES string of the molecule is C[C@H](C(=O)NCc1cccs1)N1CCN(C(c2ccccc2)c2ccccc2)CC1. The number of carbonyl (C=O) groups excluding carboxylic acids is 1. The average Bonchev–Trinajstić information content (AvgIpc) is 3.33. The number of hydrogen-bond donors (Lipinski definition) is 1. The molecule has 1 fully saturated rings. The zero-order valence-corrected chi connectivity index (χ0v) is 18.2. The summed E-state index contributed by atoms with van der Waals surface area (Å²) in [5.74, 6) is 0.111. The predicted octanol–water partition coefficient (Wildman–Crippen LogP) is 4.16. The summed E-state index contributed by atoms with van der Waals surface area (Å²) >= 11 is 1.68. The largest absolute Gasteiger partial charge is 0.350 e. The lowest BCUT2D eigenvalue weighted by molar-refractivity contribution is -0.126. The van der Waals surface area contributed by atoms with Crippen molar-refractivity contribution in [3.63, 3.8) is 0 Å². The first-order valence-corrected chi connectivity index (χ1v) is 11.5. The quantitative estimate of drug-likeness (QED) is 0.625. The Morgan fingerprint density at radius 1 is 0.867 bits per heavy atom. The van der Waals surface area contributed by atoms with Gasteiger partial charge in [-0.15, -0.1) is 11.3 Å². The van der Waals surface area contributed by atoms with E-state index in [1.165, 1.54) is 16.0 Å². The molecule has 0 aliphatic carbocycles. The second-order valence-corrected chi connectivity index (χ2v) is 8.80. The van der Waals surface area contributed by atoms with Crippen molar-refractivity contribution >= 4 is 17.2 Å². The summed E-state index contributed by atoms with van der Waals surface area (Å²) in [4.78, 5) is 18.7. The molecule has 30 heavy (non-hydrogen) atoms. The monoisotopic (exact) mass is 419 g/mol. The molecule has 0 bridgehead atoms. The number of benzene rings is 2. The van der Waals surface area contributed by atoms with E-state index in [-0.39, 0.29) is 18.0 Å². The third kappa shape index (κ3) is 4.98. The minimum Gasteiger partial charge on any atom is -0.350 e. The fourth-order valence-electron chi connectivity index (χ4n) is 4.17. The van der Waals surface area contributed by atoms with E-state index >= 15 is 0 Å². The Hall–Kier alpha value is -2.47. The van der Waals surface area contributed by atoms with E-state index in [4.69, 9.17) is 0 Å². The molecule has 5 heteroatoms. The zero-order valence-electron chi connectivity index (χ0n) is 17.4. The van der Waals surface area contributed by atoms with Crippen molar-refractivity contribution in [2.45, 2.75) is 25.6 Å². The Labute approximate surface area is 183 Å². The van der Waals surface area contributed by atoms with Crippen molar-refractivity contribution in [3.05, 3.63) is 94.2 Å². The summed E-state index contributed by atoms with van der Waals surface area (Å²) < 4.78 is 0. The highest BCUT2D eigenvalue weighted by Crippen LogP contribution is 2.29. The molecule has 0 unspecified atom stereocenters. The van der Waals surface area contributed by atoms with E-state index in [9.17, 15) is 4.79 Å². The molecule has 1 aliphatic rings. The van der Waals surface area contributed by atoms with Crippen molar-refractivity contribution in [1.29, 1.82) is 0 Å². The van der Waals surface area contributed by atoms with E-state index in [1.807, 2.05) is 18.4 Å². The Kier molecular flexibility index (Phi) is 6.95. The molecular weight excluding hydrogens is 390 g/mol. The topological polar surface area (TPSA) is 35.6 Å². The predicted molar refractivity (Wildman–Crippen MR) is 124 cm³/mol. The number of amides is 1. The van der Waals surface area contributed by atoms with Crippen LogP contribution in [0.25, 0.3) is 0 Å². The van der Waals surface area contributed by atoms with Gasteiger partial charge in [-0.05, 0) is 29.5 Å². The van der Waals surface area contributed by atoms with Crippen LogP contribution in [-0.4, -0.2) is 47.9 Å². The number of rotatable bonds is 7. The highest BCUT2D eigenvalue weighted by Gasteiger charge is 2.30. The maximum atomic E-state index is 12.6. The first-order chi connectivity index (χ1) is 14.7. The second-order valence-electron chi connectivity index (χ2n) is 7.77. The lowest BCUT2D eigenvalue weighted by atomic mass is 9.96. The lowest BCUT2D eigenvalue weighted by Gasteiger charge is -2.41. The van der Waals surface area contributed by atoms with Crippen LogP contribution in [0.2, 0.25) is 0 Å². The van der Waals surface area contributed by atoms with Crippen LogP contribution in [0.4, 0.5) is 0 Å². The Balaban J connectivity index is 1.39. The molecule has 1 saturated heterocycles. The van der Waals surface area contributed by atoms with Gasteiger partial charge in [0.25, 0.3) is 0 Å². The molecule has 156 valence electrons. The van der Waals surface area contributed by atoms with Gasteiger partial charge in [-0.3, -0.25) is 14.6 Å². The van der Waals surface area contributed by atoms with Gasteiger partial charge in [0, 0.05) is 31.1 Å². The molecule has 0 radical (unpaired) electrons. The van der Waals surface area contributed by atoms with E-state index in [1.54, 1.807) is 11.3 Å². The van der Waals surface area contributed by atoms with Crippen molar-refractivity contribution in [2.24, 2.45) is 0 Å². The fourth-order valence-corrected chi connectivity index (χ4v) is 4.81. The van der Waals surface area contributed by atoms with E-state index in [2.05, 4.69) is 81.8 Å². The molecule has 1 N–H and O–H groups in total.